The lowest BCUT2D eigenvalue weighted by Gasteiger charge is -2.28. The SMILES string of the molecule is CN(C)c1ccc(C2(c3ccccc3)SN=C(c3ccccc3)S2)cc1. The molecule has 0 aromatic heterocycles. The molecule has 4 heteroatoms. The normalized spacial score (nSPS) is 19.2. The van der Waals surface area contributed by atoms with Gasteiger partial charge >= 0.3 is 0 Å². The number of hydrogen-bond donors (Lipinski definition) is 0. The average molecular weight is 377 g/mol. The maximum Gasteiger partial charge on any atom is 0.139 e. The molecule has 0 N–H and O–H groups in total. The van der Waals surface area contributed by atoms with Crippen LogP contribution in [0.4, 0.5) is 5.69 Å². The van der Waals surface area contributed by atoms with Crippen LogP contribution in [0, 0.1) is 0 Å². The molecule has 0 amide bonds. The van der Waals surface area contributed by atoms with Crippen molar-refractivity contribution >= 4 is 34.4 Å². The summed E-state index contributed by atoms with van der Waals surface area (Å²) in [4.78, 5) is 2.12. The van der Waals surface area contributed by atoms with Gasteiger partial charge in [0.1, 0.15) is 9.12 Å². The molecule has 2 nitrogen and oxygen atoms in total. The monoisotopic (exact) mass is 376 g/mol. The topological polar surface area (TPSA) is 15.6 Å². The molecule has 0 saturated carbocycles. The quantitative estimate of drug-likeness (QED) is 0.536. The molecule has 0 fully saturated rings. The third kappa shape index (κ3) is 3.15. The van der Waals surface area contributed by atoms with E-state index < -0.39 is 0 Å². The summed E-state index contributed by atoms with van der Waals surface area (Å²) in [6, 6.07) is 29.9. The first-order valence-corrected chi connectivity index (χ1v) is 10.1. The Morgan fingerprint density at radius 2 is 1.31 bits per heavy atom. The van der Waals surface area contributed by atoms with Crippen LogP contribution in [0.3, 0.4) is 0 Å². The van der Waals surface area contributed by atoms with E-state index in [1.807, 2.05) is 17.8 Å². The first-order chi connectivity index (χ1) is 12.7. The van der Waals surface area contributed by atoms with E-state index in [2.05, 4.69) is 97.9 Å². The number of hydrogen-bond acceptors (Lipinski definition) is 4. The average Bonchev–Trinajstić information content (AvgIpc) is 3.16. The Morgan fingerprint density at radius 1 is 0.731 bits per heavy atom. The Morgan fingerprint density at radius 3 is 1.92 bits per heavy atom. The maximum absolute atomic E-state index is 4.86. The predicted molar refractivity (Wildman–Crippen MR) is 116 cm³/mol. The van der Waals surface area contributed by atoms with E-state index in [0.717, 1.165) is 5.04 Å². The Balaban J connectivity index is 1.76. The van der Waals surface area contributed by atoms with Crippen molar-refractivity contribution in [2.24, 2.45) is 4.40 Å². The molecular weight excluding hydrogens is 356 g/mol. The van der Waals surface area contributed by atoms with Gasteiger partial charge in [0.05, 0.1) is 0 Å². The van der Waals surface area contributed by atoms with Gasteiger partial charge in [-0.25, -0.2) is 4.40 Å². The molecule has 1 unspecified atom stereocenters. The minimum absolute atomic E-state index is 0.253. The smallest absolute Gasteiger partial charge is 0.139 e. The lowest BCUT2D eigenvalue weighted by atomic mass is 10.0. The summed E-state index contributed by atoms with van der Waals surface area (Å²) in [5.41, 5.74) is 4.91. The summed E-state index contributed by atoms with van der Waals surface area (Å²) in [6.45, 7) is 0. The first kappa shape index (κ1) is 17.3. The standard InChI is InChI=1S/C22H20N2S2/c1-24(2)20-15-13-19(14-16-20)22(18-11-7-4-8-12-18)25-21(23-26-22)17-9-5-3-6-10-17/h3-16H,1-2H3. The van der Waals surface area contributed by atoms with Crippen LogP contribution in [0.1, 0.15) is 16.7 Å². The molecule has 3 aromatic rings. The van der Waals surface area contributed by atoms with Crippen LogP contribution < -0.4 is 4.90 Å². The fraction of sp³-hybridized carbons (Fsp3) is 0.136. The molecule has 1 aliphatic heterocycles. The van der Waals surface area contributed by atoms with Crippen LogP contribution in [0.15, 0.2) is 89.3 Å². The summed E-state index contributed by atoms with van der Waals surface area (Å²) in [7, 11) is 4.13. The number of nitrogens with zero attached hydrogens (tertiary/aromatic N) is 2. The highest BCUT2D eigenvalue weighted by molar-refractivity contribution is 8.28. The summed E-state index contributed by atoms with van der Waals surface area (Å²) in [6.07, 6.45) is 0. The molecule has 1 heterocycles. The zero-order valence-corrected chi connectivity index (χ0v) is 16.4. The second kappa shape index (κ2) is 7.22. The number of rotatable bonds is 4. The molecule has 26 heavy (non-hydrogen) atoms. The molecule has 130 valence electrons. The lowest BCUT2D eigenvalue weighted by molar-refractivity contribution is 1.07. The van der Waals surface area contributed by atoms with Crippen molar-refractivity contribution in [3.63, 3.8) is 0 Å². The minimum Gasteiger partial charge on any atom is -0.378 e. The fourth-order valence-electron chi connectivity index (χ4n) is 3.00. The van der Waals surface area contributed by atoms with Crippen LogP contribution in [0.5, 0.6) is 0 Å². The van der Waals surface area contributed by atoms with Crippen LogP contribution in [0.25, 0.3) is 0 Å². The van der Waals surface area contributed by atoms with E-state index >= 15 is 0 Å². The van der Waals surface area contributed by atoms with Crippen molar-refractivity contribution < 1.29 is 0 Å². The second-order valence-electron chi connectivity index (χ2n) is 6.38. The molecule has 0 saturated heterocycles. The van der Waals surface area contributed by atoms with Crippen molar-refractivity contribution in [3.05, 3.63) is 102 Å². The highest BCUT2D eigenvalue weighted by Crippen LogP contribution is 2.58. The molecule has 0 spiro atoms. The van der Waals surface area contributed by atoms with Gasteiger partial charge in [-0.3, -0.25) is 0 Å². The van der Waals surface area contributed by atoms with Crippen molar-refractivity contribution in [1.82, 2.24) is 0 Å². The first-order valence-electron chi connectivity index (χ1n) is 8.53. The molecule has 0 aliphatic carbocycles. The van der Waals surface area contributed by atoms with Gasteiger partial charge in [0, 0.05) is 37.3 Å². The molecule has 1 aliphatic rings. The molecule has 0 bridgehead atoms. The zero-order valence-electron chi connectivity index (χ0n) is 14.8. The summed E-state index contributed by atoms with van der Waals surface area (Å²) in [5.74, 6) is 0. The molecular formula is C22H20N2S2. The van der Waals surface area contributed by atoms with E-state index in [1.54, 1.807) is 11.9 Å². The maximum atomic E-state index is 4.86. The van der Waals surface area contributed by atoms with E-state index in [0.29, 0.717) is 0 Å². The van der Waals surface area contributed by atoms with E-state index in [4.69, 9.17) is 4.40 Å². The largest absolute Gasteiger partial charge is 0.378 e. The number of thioether (sulfide) groups is 1. The summed E-state index contributed by atoms with van der Waals surface area (Å²) >= 11 is 3.48. The highest BCUT2D eigenvalue weighted by Gasteiger charge is 2.42. The molecule has 3 aromatic carbocycles. The van der Waals surface area contributed by atoms with E-state index in [-0.39, 0.29) is 4.08 Å². The van der Waals surface area contributed by atoms with Gasteiger partial charge in [0.15, 0.2) is 0 Å². The van der Waals surface area contributed by atoms with Gasteiger partial charge in [-0.15, -0.1) is 0 Å². The Hall–Kier alpha value is -2.17. The van der Waals surface area contributed by atoms with Crippen molar-refractivity contribution in [3.8, 4) is 0 Å². The van der Waals surface area contributed by atoms with E-state index in [9.17, 15) is 0 Å². The van der Waals surface area contributed by atoms with Crippen LogP contribution in [-0.2, 0) is 4.08 Å². The highest BCUT2D eigenvalue weighted by atomic mass is 32.2. The minimum atomic E-state index is -0.253. The molecule has 1 atom stereocenters. The van der Waals surface area contributed by atoms with Crippen molar-refractivity contribution in [2.75, 3.05) is 19.0 Å². The molecule has 4 rings (SSSR count). The van der Waals surface area contributed by atoms with Crippen LogP contribution in [-0.4, -0.2) is 19.1 Å². The van der Waals surface area contributed by atoms with Gasteiger partial charge in [-0.1, -0.05) is 84.6 Å². The number of benzene rings is 3. The van der Waals surface area contributed by atoms with Gasteiger partial charge in [0.2, 0.25) is 0 Å². The van der Waals surface area contributed by atoms with Gasteiger partial charge in [-0.05, 0) is 23.3 Å². The van der Waals surface area contributed by atoms with E-state index in [1.165, 1.54) is 22.4 Å². The zero-order chi connectivity index (χ0) is 18.0. The second-order valence-corrected chi connectivity index (χ2v) is 8.82. The Bertz CT molecular complexity index is 906. The summed E-state index contributed by atoms with van der Waals surface area (Å²) in [5, 5.41) is 1.08. The molecule has 0 radical (unpaired) electrons. The van der Waals surface area contributed by atoms with Crippen LogP contribution in [0.2, 0.25) is 0 Å². The fourth-order valence-corrected chi connectivity index (χ4v) is 5.59. The van der Waals surface area contributed by atoms with Crippen molar-refractivity contribution in [2.45, 2.75) is 4.08 Å². The Labute approximate surface area is 163 Å². The van der Waals surface area contributed by atoms with Gasteiger partial charge in [-0.2, -0.15) is 0 Å². The van der Waals surface area contributed by atoms with Crippen LogP contribution >= 0.6 is 23.7 Å². The number of anilines is 1. The van der Waals surface area contributed by atoms with Gasteiger partial charge < -0.3 is 4.90 Å². The Kier molecular flexibility index (Phi) is 4.79. The third-order valence-electron chi connectivity index (χ3n) is 4.44. The van der Waals surface area contributed by atoms with Crippen molar-refractivity contribution in [1.29, 1.82) is 0 Å². The van der Waals surface area contributed by atoms with Gasteiger partial charge in [0.25, 0.3) is 0 Å². The summed E-state index contributed by atoms with van der Waals surface area (Å²) < 4.78 is 4.60. The lowest BCUT2D eigenvalue weighted by Crippen LogP contribution is -2.18. The third-order valence-corrected chi connectivity index (χ3v) is 7.31. The predicted octanol–water partition coefficient (Wildman–Crippen LogP) is 5.80.